The van der Waals surface area contributed by atoms with E-state index >= 15 is 0 Å². The van der Waals surface area contributed by atoms with Gasteiger partial charge in [-0.2, -0.15) is 0 Å². The van der Waals surface area contributed by atoms with Gasteiger partial charge in [0, 0.05) is 37.9 Å². The third-order valence-corrected chi connectivity index (χ3v) is 4.29. The quantitative estimate of drug-likeness (QED) is 0.794. The van der Waals surface area contributed by atoms with E-state index in [1.165, 1.54) is 0 Å². The van der Waals surface area contributed by atoms with Crippen LogP contribution < -0.4 is 15.8 Å². The Morgan fingerprint density at radius 2 is 2.43 bits per heavy atom. The van der Waals surface area contributed by atoms with E-state index in [0.717, 1.165) is 26.1 Å². The Labute approximate surface area is 136 Å². The molecular weight excluding hydrogens is 296 g/mol. The zero-order valence-electron chi connectivity index (χ0n) is 13.4. The van der Waals surface area contributed by atoms with Gasteiger partial charge in [-0.15, -0.1) is 0 Å². The van der Waals surface area contributed by atoms with Gasteiger partial charge >= 0.3 is 0 Å². The average molecular weight is 320 g/mol. The number of morpholine rings is 1. The van der Waals surface area contributed by atoms with Gasteiger partial charge in [-0.3, -0.25) is 9.69 Å². The molecule has 2 aliphatic rings. The number of rotatable bonds is 5. The molecule has 126 valence electrons. The first kappa shape index (κ1) is 16.2. The lowest BCUT2D eigenvalue weighted by molar-refractivity contribution is -0.0390. The maximum atomic E-state index is 12.5. The number of carbonyl (C=O) groups is 1. The van der Waals surface area contributed by atoms with E-state index in [1.807, 2.05) is 0 Å². The van der Waals surface area contributed by atoms with Crippen molar-refractivity contribution in [3.63, 3.8) is 0 Å². The minimum atomic E-state index is -0.198. The van der Waals surface area contributed by atoms with Crippen molar-refractivity contribution in [2.75, 3.05) is 32.8 Å². The largest absolute Gasteiger partial charge is 0.490 e. The van der Waals surface area contributed by atoms with E-state index in [4.69, 9.17) is 15.2 Å². The molecule has 0 spiro atoms. The first-order valence-corrected chi connectivity index (χ1v) is 8.11. The van der Waals surface area contributed by atoms with E-state index in [1.54, 1.807) is 18.3 Å². The number of fused-ring (bicyclic) bond motifs is 1. The number of pyridine rings is 1. The van der Waals surface area contributed by atoms with E-state index < -0.39 is 0 Å². The molecule has 3 rings (SSSR count). The topological polar surface area (TPSA) is 89.7 Å². The molecule has 1 amide bonds. The normalized spacial score (nSPS) is 27.5. The van der Waals surface area contributed by atoms with Crippen molar-refractivity contribution in [2.45, 2.75) is 31.5 Å². The maximum Gasteiger partial charge on any atom is 0.274 e. The summed E-state index contributed by atoms with van der Waals surface area (Å²) >= 11 is 0. The number of hydrogen-bond acceptors (Lipinski definition) is 6. The predicted octanol–water partition coefficient (Wildman–Crippen LogP) is 0.0105. The number of aromatic nitrogens is 1. The van der Waals surface area contributed by atoms with Crippen molar-refractivity contribution in [3.05, 3.63) is 24.0 Å². The van der Waals surface area contributed by atoms with Crippen molar-refractivity contribution in [2.24, 2.45) is 5.73 Å². The van der Waals surface area contributed by atoms with E-state index in [-0.39, 0.29) is 18.1 Å². The SMILES string of the molecule is C[C@H]1CN2C[C@@H](NC(=O)c3ncccc3OCCN)C[C@H]2CO1. The summed E-state index contributed by atoms with van der Waals surface area (Å²) in [5.41, 5.74) is 5.76. The predicted molar refractivity (Wildman–Crippen MR) is 85.4 cm³/mol. The second kappa shape index (κ2) is 7.25. The van der Waals surface area contributed by atoms with Crippen LogP contribution in [0.4, 0.5) is 0 Å². The molecule has 7 heteroatoms. The second-order valence-corrected chi connectivity index (χ2v) is 6.15. The number of carbonyl (C=O) groups excluding carboxylic acids is 1. The third-order valence-electron chi connectivity index (χ3n) is 4.29. The van der Waals surface area contributed by atoms with Crippen LogP contribution in [-0.4, -0.2) is 66.8 Å². The molecule has 3 heterocycles. The minimum absolute atomic E-state index is 0.116. The highest BCUT2D eigenvalue weighted by molar-refractivity contribution is 5.95. The molecule has 0 aliphatic carbocycles. The molecule has 2 fully saturated rings. The number of nitrogens with zero attached hydrogens (tertiary/aromatic N) is 2. The summed E-state index contributed by atoms with van der Waals surface area (Å²) in [6, 6.07) is 4.00. The van der Waals surface area contributed by atoms with Crippen LogP contribution in [-0.2, 0) is 4.74 Å². The van der Waals surface area contributed by atoms with E-state index in [9.17, 15) is 4.79 Å². The van der Waals surface area contributed by atoms with Gasteiger partial charge in [0.15, 0.2) is 11.4 Å². The maximum absolute atomic E-state index is 12.5. The zero-order chi connectivity index (χ0) is 16.2. The van der Waals surface area contributed by atoms with Crippen LogP contribution in [0.15, 0.2) is 18.3 Å². The Morgan fingerprint density at radius 1 is 1.57 bits per heavy atom. The van der Waals surface area contributed by atoms with Gasteiger partial charge < -0.3 is 20.5 Å². The Balaban J connectivity index is 1.62. The smallest absolute Gasteiger partial charge is 0.274 e. The van der Waals surface area contributed by atoms with Crippen molar-refractivity contribution < 1.29 is 14.3 Å². The molecule has 23 heavy (non-hydrogen) atoms. The third kappa shape index (κ3) is 3.80. The molecule has 0 saturated carbocycles. The molecule has 7 nitrogen and oxygen atoms in total. The average Bonchev–Trinajstić information content (AvgIpc) is 2.94. The summed E-state index contributed by atoms with van der Waals surface area (Å²) < 4.78 is 11.2. The lowest BCUT2D eigenvalue weighted by Gasteiger charge is -2.33. The summed E-state index contributed by atoms with van der Waals surface area (Å²) in [6.45, 7) is 5.36. The lowest BCUT2D eigenvalue weighted by atomic mass is 10.1. The van der Waals surface area contributed by atoms with Crippen LogP contribution in [0.3, 0.4) is 0 Å². The molecule has 2 aliphatic heterocycles. The van der Waals surface area contributed by atoms with Gasteiger partial charge in [-0.25, -0.2) is 4.98 Å². The first-order valence-electron chi connectivity index (χ1n) is 8.11. The highest BCUT2D eigenvalue weighted by atomic mass is 16.5. The highest BCUT2D eigenvalue weighted by Gasteiger charge is 2.37. The molecule has 0 radical (unpaired) electrons. The molecule has 3 atom stereocenters. The van der Waals surface area contributed by atoms with Crippen molar-refractivity contribution in [3.8, 4) is 5.75 Å². The van der Waals surface area contributed by atoms with Gasteiger partial charge in [0.2, 0.25) is 0 Å². The Bertz CT molecular complexity index is 554. The zero-order valence-corrected chi connectivity index (χ0v) is 13.4. The summed E-state index contributed by atoms with van der Waals surface area (Å²) in [6.07, 6.45) is 2.76. The van der Waals surface area contributed by atoms with Crippen molar-refractivity contribution in [1.29, 1.82) is 0 Å². The number of nitrogens with two attached hydrogens (primary N) is 1. The fourth-order valence-corrected chi connectivity index (χ4v) is 3.24. The number of nitrogens with one attached hydrogen (secondary N) is 1. The van der Waals surface area contributed by atoms with E-state index in [0.29, 0.717) is 30.6 Å². The second-order valence-electron chi connectivity index (χ2n) is 6.15. The lowest BCUT2D eigenvalue weighted by Crippen LogP contribution is -2.45. The first-order chi connectivity index (χ1) is 11.2. The number of ether oxygens (including phenoxy) is 2. The molecular formula is C16H24N4O3. The summed E-state index contributed by atoms with van der Waals surface area (Å²) in [5, 5.41) is 3.07. The van der Waals surface area contributed by atoms with Crippen LogP contribution >= 0.6 is 0 Å². The van der Waals surface area contributed by atoms with Gasteiger partial charge in [-0.1, -0.05) is 0 Å². The monoisotopic (exact) mass is 320 g/mol. The highest BCUT2D eigenvalue weighted by Crippen LogP contribution is 2.24. The van der Waals surface area contributed by atoms with Gasteiger partial charge in [-0.05, 0) is 25.5 Å². The van der Waals surface area contributed by atoms with Crippen LogP contribution in [0, 0.1) is 0 Å². The van der Waals surface area contributed by atoms with Crippen LogP contribution in [0.1, 0.15) is 23.8 Å². The molecule has 0 aromatic carbocycles. The number of amides is 1. The van der Waals surface area contributed by atoms with Gasteiger partial charge in [0.25, 0.3) is 5.91 Å². The Morgan fingerprint density at radius 3 is 3.26 bits per heavy atom. The fraction of sp³-hybridized carbons (Fsp3) is 0.625. The van der Waals surface area contributed by atoms with Crippen molar-refractivity contribution >= 4 is 5.91 Å². The van der Waals surface area contributed by atoms with Gasteiger partial charge in [0.1, 0.15) is 6.61 Å². The molecule has 0 unspecified atom stereocenters. The minimum Gasteiger partial charge on any atom is -0.490 e. The molecule has 3 N–H and O–H groups in total. The Kier molecular flexibility index (Phi) is 5.09. The van der Waals surface area contributed by atoms with Gasteiger partial charge in [0.05, 0.1) is 12.7 Å². The molecule has 1 aromatic rings. The summed E-state index contributed by atoms with van der Waals surface area (Å²) in [7, 11) is 0. The Hall–Kier alpha value is -1.70. The standard InChI is InChI=1S/C16H24N4O3/c1-11-8-20-9-12(7-13(20)10-23-11)19-16(21)15-14(22-6-4-17)3-2-5-18-15/h2-3,5,11-13H,4,6-10,17H2,1H3,(H,19,21)/t11-,12-,13-/m0/s1. The van der Waals surface area contributed by atoms with Crippen molar-refractivity contribution in [1.82, 2.24) is 15.2 Å². The molecule has 1 aromatic heterocycles. The van der Waals surface area contributed by atoms with Crippen LogP contribution in [0.2, 0.25) is 0 Å². The summed E-state index contributed by atoms with van der Waals surface area (Å²) in [4.78, 5) is 19.1. The summed E-state index contributed by atoms with van der Waals surface area (Å²) in [5.74, 6) is 0.277. The number of hydrogen-bond donors (Lipinski definition) is 2. The molecule has 0 bridgehead atoms. The van der Waals surface area contributed by atoms with Crippen LogP contribution in [0.5, 0.6) is 5.75 Å². The fourth-order valence-electron chi connectivity index (χ4n) is 3.24. The van der Waals surface area contributed by atoms with E-state index in [2.05, 4.69) is 22.1 Å². The molecule has 2 saturated heterocycles. The van der Waals surface area contributed by atoms with Crippen LogP contribution in [0.25, 0.3) is 0 Å².